The number of benzene rings is 1. The third kappa shape index (κ3) is 4.11. The molecule has 0 spiro atoms. The van der Waals surface area contributed by atoms with Crippen molar-refractivity contribution in [2.75, 3.05) is 19.7 Å². The minimum absolute atomic E-state index is 0.233. The Kier molecular flexibility index (Phi) is 6.03. The van der Waals surface area contributed by atoms with E-state index in [0.29, 0.717) is 17.9 Å². The van der Waals surface area contributed by atoms with Gasteiger partial charge >= 0.3 is 0 Å². The number of allylic oxidation sites excluding steroid dienone is 1. The molecule has 2 amide bonds. The summed E-state index contributed by atoms with van der Waals surface area (Å²) < 4.78 is 5.46. The molecule has 6 heteroatoms. The normalized spacial score (nSPS) is 16.6. The van der Waals surface area contributed by atoms with Crippen molar-refractivity contribution in [1.29, 1.82) is 0 Å². The molecule has 0 unspecified atom stereocenters. The fraction of sp³-hybridized carbons (Fsp3) is 0.375. The second-order valence-electron chi connectivity index (χ2n) is 4.80. The number of hydrogen-bond donors (Lipinski definition) is 1. The quantitative estimate of drug-likeness (QED) is 0.782. The van der Waals surface area contributed by atoms with Gasteiger partial charge in [-0.25, -0.2) is 0 Å². The maximum Gasteiger partial charge on any atom is 0.293 e. The van der Waals surface area contributed by atoms with E-state index in [2.05, 4.69) is 0 Å². The second-order valence-corrected chi connectivity index (χ2v) is 5.79. The number of ether oxygens (including phenoxy) is 1. The van der Waals surface area contributed by atoms with Crippen molar-refractivity contribution >= 4 is 22.9 Å². The monoisotopic (exact) mass is 320 g/mol. The van der Waals surface area contributed by atoms with E-state index in [0.717, 1.165) is 29.5 Å². The average Bonchev–Trinajstić information content (AvgIpc) is 2.76. The molecule has 2 rings (SSSR count). The highest BCUT2D eigenvalue weighted by Crippen LogP contribution is 2.30. The number of carbonyl (C=O) groups is 2. The van der Waals surface area contributed by atoms with Crippen molar-refractivity contribution in [2.45, 2.75) is 19.8 Å². The highest BCUT2D eigenvalue weighted by molar-refractivity contribution is 8.18. The summed E-state index contributed by atoms with van der Waals surface area (Å²) in [4.78, 5) is 25.4. The molecule has 1 heterocycles. The Balaban J connectivity index is 1.94. The molecule has 2 N–H and O–H groups in total. The highest BCUT2D eigenvalue weighted by Gasteiger charge is 2.33. The number of carbonyl (C=O) groups excluding carboxylic acids is 2. The van der Waals surface area contributed by atoms with Crippen molar-refractivity contribution in [3.63, 3.8) is 0 Å². The van der Waals surface area contributed by atoms with Gasteiger partial charge < -0.3 is 10.5 Å². The molecule has 0 radical (unpaired) electrons. The van der Waals surface area contributed by atoms with Crippen LogP contribution in [-0.2, 0) is 11.2 Å². The predicted octanol–water partition coefficient (Wildman–Crippen LogP) is 2.56. The lowest BCUT2D eigenvalue weighted by molar-refractivity contribution is -0.122. The van der Waals surface area contributed by atoms with Crippen molar-refractivity contribution in [3.8, 4) is 5.75 Å². The van der Waals surface area contributed by atoms with Gasteiger partial charge in [-0.3, -0.25) is 14.5 Å². The van der Waals surface area contributed by atoms with E-state index in [1.807, 2.05) is 37.3 Å². The zero-order chi connectivity index (χ0) is 15.9. The molecule has 1 aliphatic rings. The summed E-state index contributed by atoms with van der Waals surface area (Å²) in [6.07, 6.45) is 3.32. The first-order valence-corrected chi connectivity index (χ1v) is 8.13. The predicted molar refractivity (Wildman–Crippen MR) is 87.8 cm³/mol. The average molecular weight is 320 g/mol. The highest BCUT2D eigenvalue weighted by atomic mass is 32.2. The molecule has 1 aromatic rings. The summed E-state index contributed by atoms with van der Waals surface area (Å²) in [5, 5.41) is -0.236. The number of nitrogens with two attached hydrogens (primary N) is 1. The van der Waals surface area contributed by atoms with E-state index in [9.17, 15) is 9.59 Å². The molecule has 0 atom stereocenters. The molecule has 0 bridgehead atoms. The van der Waals surface area contributed by atoms with E-state index >= 15 is 0 Å². The first-order valence-electron chi connectivity index (χ1n) is 7.31. The van der Waals surface area contributed by atoms with Crippen LogP contribution in [0.2, 0.25) is 0 Å². The zero-order valence-corrected chi connectivity index (χ0v) is 13.4. The smallest absolute Gasteiger partial charge is 0.293 e. The molecule has 1 aromatic carbocycles. The Morgan fingerprint density at radius 2 is 2.18 bits per heavy atom. The summed E-state index contributed by atoms with van der Waals surface area (Å²) in [5.74, 6) is 0.617. The van der Waals surface area contributed by atoms with E-state index in [1.165, 1.54) is 4.90 Å². The number of amides is 2. The van der Waals surface area contributed by atoms with Gasteiger partial charge in [0.05, 0.1) is 11.5 Å². The zero-order valence-electron chi connectivity index (χ0n) is 12.6. The lowest BCUT2D eigenvalue weighted by Crippen LogP contribution is -2.33. The summed E-state index contributed by atoms with van der Waals surface area (Å²) >= 11 is 0.986. The Morgan fingerprint density at radius 3 is 2.91 bits per heavy atom. The van der Waals surface area contributed by atoms with Gasteiger partial charge in [0.2, 0.25) is 0 Å². The summed E-state index contributed by atoms with van der Waals surface area (Å²) in [6, 6.07) is 7.90. The summed E-state index contributed by atoms with van der Waals surface area (Å²) in [6.45, 7) is 3.15. The third-order valence-electron chi connectivity index (χ3n) is 3.20. The van der Waals surface area contributed by atoms with Gasteiger partial charge in [0.25, 0.3) is 11.1 Å². The molecule has 1 saturated heterocycles. The standard InChI is InChI=1S/C16H20N2O3S/c1-2-21-13-7-3-5-12(11-13)6-4-8-14-15(19)18(10-9-17)16(20)22-14/h3,5,7-8,11H,2,4,6,9-10,17H2,1H3/b14-8-. The molecule has 0 aromatic heterocycles. The molecule has 22 heavy (non-hydrogen) atoms. The van der Waals surface area contributed by atoms with Crippen molar-refractivity contribution < 1.29 is 14.3 Å². The molecule has 0 aliphatic carbocycles. The van der Waals surface area contributed by atoms with Gasteiger partial charge in [-0.15, -0.1) is 0 Å². The van der Waals surface area contributed by atoms with E-state index in [4.69, 9.17) is 10.5 Å². The Morgan fingerprint density at radius 1 is 1.36 bits per heavy atom. The van der Waals surface area contributed by atoms with E-state index in [1.54, 1.807) is 0 Å². The van der Waals surface area contributed by atoms with Crippen LogP contribution >= 0.6 is 11.8 Å². The Labute approximate surface area is 134 Å². The van der Waals surface area contributed by atoms with Gasteiger partial charge in [0.15, 0.2) is 0 Å². The second kappa shape index (κ2) is 8.00. The van der Waals surface area contributed by atoms with Crippen LogP contribution in [0, 0.1) is 0 Å². The van der Waals surface area contributed by atoms with Crippen LogP contribution in [0.15, 0.2) is 35.2 Å². The van der Waals surface area contributed by atoms with Crippen LogP contribution in [0.3, 0.4) is 0 Å². The largest absolute Gasteiger partial charge is 0.494 e. The van der Waals surface area contributed by atoms with E-state index < -0.39 is 0 Å². The molecule has 5 nitrogen and oxygen atoms in total. The van der Waals surface area contributed by atoms with Crippen LogP contribution in [0.5, 0.6) is 5.75 Å². The molecule has 1 fully saturated rings. The maximum atomic E-state index is 12.0. The Bertz CT molecular complexity index is 587. The number of thioether (sulfide) groups is 1. The van der Waals surface area contributed by atoms with Crippen molar-refractivity contribution in [1.82, 2.24) is 4.90 Å². The SMILES string of the molecule is CCOc1cccc(CC/C=C2\SC(=O)N(CCN)C2=O)c1. The van der Waals surface area contributed by atoms with Crippen LogP contribution in [0.1, 0.15) is 18.9 Å². The molecular weight excluding hydrogens is 300 g/mol. The summed E-state index contributed by atoms with van der Waals surface area (Å²) in [7, 11) is 0. The fourth-order valence-electron chi connectivity index (χ4n) is 2.19. The van der Waals surface area contributed by atoms with Gasteiger partial charge in [0.1, 0.15) is 5.75 Å². The van der Waals surface area contributed by atoms with Gasteiger partial charge in [-0.2, -0.15) is 0 Å². The van der Waals surface area contributed by atoms with Crippen LogP contribution in [0.25, 0.3) is 0 Å². The number of imide groups is 1. The van der Waals surface area contributed by atoms with Gasteiger partial charge in [0, 0.05) is 13.1 Å². The number of hydrogen-bond acceptors (Lipinski definition) is 5. The van der Waals surface area contributed by atoms with Crippen LogP contribution < -0.4 is 10.5 Å². The number of aryl methyl sites for hydroxylation is 1. The molecule has 1 aliphatic heterocycles. The molecule has 0 saturated carbocycles. The summed E-state index contributed by atoms with van der Waals surface area (Å²) in [5.41, 5.74) is 6.55. The minimum atomic E-state index is -0.236. The maximum absolute atomic E-state index is 12.0. The number of nitrogens with zero attached hydrogens (tertiary/aromatic N) is 1. The lowest BCUT2D eigenvalue weighted by Gasteiger charge is -2.09. The first-order chi connectivity index (χ1) is 10.7. The van der Waals surface area contributed by atoms with Crippen LogP contribution in [0.4, 0.5) is 4.79 Å². The fourth-order valence-corrected chi connectivity index (χ4v) is 3.06. The first kappa shape index (κ1) is 16.6. The van der Waals surface area contributed by atoms with Crippen molar-refractivity contribution in [2.24, 2.45) is 5.73 Å². The molecule has 118 valence electrons. The minimum Gasteiger partial charge on any atom is -0.494 e. The number of rotatable bonds is 7. The van der Waals surface area contributed by atoms with Gasteiger partial charge in [-0.05, 0) is 49.2 Å². The van der Waals surface area contributed by atoms with E-state index in [-0.39, 0.29) is 24.2 Å². The topological polar surface area (TPSA) is 72.6 Å². The third-order valence-corrected chi connectivity index (χ3v) is 4.15. The Hall–Kier alpha value is -1.79. The molecular formula is C16H20N2O3S. The van der Waals surface area contributed by atoms with Crippen molar-refractivity contribution in [3.05, 3.63) is 40.8 Å². The lowest BCUT2D eigenvalue weighted by atomic mass is 10.1. The van der Waals surface area contributed by atoms with Gasteiger partial charge in [-0.1, -0.05) is 18.2 Å². The van der Waals surface area contributed by atoms with Crippen LogP contribution in [-0.4, -0.2) is 35.7 Å².